The van der Waals surface area contributed by atoms with Crippen LogP contribution >= 0.6 is 0 Å². The van der Waals surface area contributed by atoms with Gasteiger partial charge >= 0.3 is 0 Å². The molecule has 1 aromatic carbocycles. The number of benzene rings is 1. The van der Waals surface area contributed by atoms with E-state index in [9.17, 15) is 8.42 Å². The molecule has 0 N–H and O–H groups in total. The Morgan fingerprint density at radius 2 is 1.43 bits per heavy atom. The van der Waals surface area contributed by atoms with Gasteiger partial charge in [0.05, 0.1) is 10.6 Å². The molecule has 0 radical (unpaired) electrons. The minimum absolute atomic E-state index is 0.380. The fourth-order valence-corrected chi connectivity index (χ4v) is 7.20. The van der Waals surface area contributed by atoms with E-state index in [1.165, 1.54) is 32.1 Å². The molecular weight excluding hydrogens is 280 g/mol. The molecule has 4 fully saturated rings. The largest absolute Gasteiger partial charge is 0.224 e. The molecule has 0 spiro atoms. The predicted octanol–water partition coefficient (Wildman–Crippen LogP) is 3.84. The summed E-state index contributed by atoms with van der Waals surface area (Å²) >= 11 is 0. The molecule has 4 aliphatic rings. The lowest BCUT2D eigenvalue weighted by atomic mass is 9.52. The molecule has 2 nitrogen and oxygen atoms in total. The van der Waals surface area contributed by atoms with Crippen LogP contribution in [0, 0.1) is 36.5 Å². The first-order chi connectivity index (χ1) is 10.0. The van der Waals surface area contributed by atoms with Gasteiger partial charge in [-0.3, -0.25) is 0 Å². The van der Waals surface area contributed by atoms with Gasteiger partial charge in [-0.1, -0.05) is 17.7 Å². The van der Waals surface area contributed by atoms with Gasteiger partial charge in [-0.15, -0.1) is 0 Å². The van der Waals surface area contributed by atoms with E-state index in [-0.39, 0.29) is 0 Å². The van der Waals surface area contributed by atoms with Crippen molar-refractivity contribution in [2.75, 3.05) is 5.75 Å². The summed E-state index contributed by atoms with van der Waals surface area (Å²) in [4.78, 5) is 0.516. The quantitative estimate of drug-likeness (QED) is 0.850. The molecule has 0 heterocycles. The lowest BCUT2D eigenvalue weighted by Gasteiger charge is -2.54. The standard InChI is InChI=1S/C18H24O2S/c1-12-2-4-17(5-3-12)21(19,20)11-18-15-7-13-6-14(9-15)10-16(18)8-13/h2-5,13-16,18H,6-11H2,1H3. The first-order valence-electron chi connectivity index (χ1n) is 8.30. The zero-order chi connectivity index (χ0) is 14.6. The highest BCUT2D eigenvalue weighted by Gasteiger charge is 2.49. The van der Waals surface area contributed by atoms with E-state index >= 15 is 0 Å². The van der Waals surface area contributed by atoms with Gasteiger partial charge in [-0.25, -0.2) is 8.42 Å². The Hall–Kier alpha value is -0.830. The van der Waals surface area contributed by atoms with Gasteiger partial charge in [0.25, 0.3) is 0 Å². The molecule has 0 aromatic heterocycles. The molecular formula is C18H24O2S. The lowest BCUT2D eigenvalue weighted by Crippen LogP contribution is -2.47. The van der Waals surface area contributed by atoms with E-state index in [1.807, 2.05) is 19.1 Å². The zero-order valence-electron chi connectivity index (χ0n) is 12.7. The maximum absolute atomic E-state index is 12.7. The third-order valence-electron chi connectivity index (χ3n) is 6.21. The first kappa shape index (κ1) is 13.8. The fourth-order valence-electron chi connectivity index (χ4n) is 5.41. The summed E-state index contributed by atoms with van der Waals surface area (Å²) in [7, 11) is -3.12. The van der Waals surface area contributed by atoms with Gasteiger partial charge in [-0.2, -0.15) is 0 Å². The second kappa shape index (κ2) is 4.84. The number of hydrogen-bond donors (Lipinski definition) is 0. The van der Waals surface area contributed by atoms with Gasteiger partial charge in [0.15, 0.2) is 9.84 Å². The van der Waals surface area contributed by atoms with Crippen molar-refractivity contribution in [2.24, 2.45) is 29.6 Å². The van der Waals surface area contributed by atoms with Crippen molar-refractivity contribution in [3.8, 4) is 0 Å². The van der Waals surface area contributed by atoms with E-state index in [0.29, 0.717) is 28.4 Å². The molecule has 114 valence electrons. The maximum Gasteiger partial charge on any atom is 0.178 e. The van der Waals surface area contributed by atoms with Crippen molar-refractivity contribution in [1.82, 2.24) is 0 Å². The molecule has 0 aliphatic heterocycles. The van der Waals surface area contributed by atoms with Gasteiger partial charge < -0.3 is 0 Å². The van der Waals surface area contributed by atoms with Crippen molar-refractivity contribution in [2.45, 2.75) is 43.9 Å². The van der Waals surface area contributed by atoms with E-state index in [0.717, 1.165) is 17.4 Å². The molecule has 0 unspecified atom stereocenters. The number of rotatable bonds is 3. The van der Waals surface area contributed by atoms with Gasteiger partial charge in [-0.05, 0) is 80.8 Å². The van der Waals surface area contributed by atoms with Crippen molar-refractivity contribution in [3.05, 3.63) is 29.8 Å². The summed E-state index contributed by atoms with van der Waals surface area (Å²) in [5.41, 5.74) is 1.11. The van der Waals surface area contributed by atoms with E-state index < -0.39 is 9.84 Å². The average molecular weight is 304 g/mol. The Morgan fingerprint density at radius 3 is 1.95 bits per heavy atom. The van der Waals surface area contributed by atoms with E-state index in [1.54, 1.807) is 12.1 Å². The molecule has 4 aliphatic carbocycles. The summed E-state index contributed by atoms with van der Waals surface area (Å²) in [6, 6.07) is 7.37. The van der Waals surface area contributed by atoms with Gasteiger partial charge in [0.2, 0.25) is 0 Å². The third kappa shape index (κ3) is 2.44. The van der Waals surface area contributed by atoms with Crippen molar-refractivity contribution >= 4 is 9.84 Å². The minimum atomic E-state index is -3.12. The Labute approximate surface area is 127 Å². The number of aryl methyl sites for hydroxylation is 1. The molecule has 5 rings (SSSR count). The van der Waals surface area contributed by atoms with Crippen LogP contribution in [-0.2, 0) is 9.84 Å². The van der Waals surface area contributed by atoms with E-state index in [2.05, 4.69) is 0 Å². The van der Waals surface area contributed by atoms with Gasteiger partial charge in [0, 0.05) is 0 Å². The van der Waals surface area contributed by atoms with Crippen LogP contribution in [0.15, 0.2) is 29.2 Å². The van der Waals surface area contributed by atoms with Crippen LogP contribution in [0.3, 0.4) is 0 Å². The van der Waals surface area contributed by atoms with Crippen LogP contribution in [0.1, 0.15) is 37.7 Å². The smallest absolute Gasteiger partial charge is 0.178 e. The third-order valence-corrected chi connectivity index (χ3v) is 8.03. The highest BCUT2D eigenvalue weighted by atomic mass is 32.2. The normalized spacial score (nSPS) is 37.9. The van der Waals surface area contributed by atoms with Crippen LogP contribution in [0.5, 0.6) is 0 Å². The summed E-state index contributed by atoms with van der Waals surface area (Å²) in [5.74, 6) is 3.98. The molecule has 0 atom stereocenters. The second-order valence-corrected chi connectivity index (χ2v) is 9.72. The molecule has 1 aromatic rings. The van der Waals surface area contributed by atoms with Crippen LogP contribution in [-0.4, -0.2) is 14.2 Å². The van der Waals surface area contributed by atoms with Crippen LogP contribution < -0.4 is 0 Å². The molecule has 4 saturated carbocycles. The first-order valence-corrected chi connectivity index (χ1v) is 9.96. The Bertz CT molecular complexity index is 602. The summed E-state index contributed by atoms with van der Waals surface area (Å²) < 4.78 is 25.5. The second-order valence-electron chi connectivity index (χ2n) is 7.69. The van der Waals surface area contributed by atoms with Crippen LogP contribution in [0.4, 0.5) is 0 Å². The SMILES string of the molecule is Cc1ccc(S(=O)(=O)CC2C3CC4CC(C3)CC2C4)cc1. The highest BCUT2D eigenvalue weighted by Crippen LogP contribution is 2.56. The maximum atomic E-state index is 12.7. The average Bonchev–Trinajstić information content (AvgIpc) is 2.42. The molecule has 21 heavy (non-hydrogen) atoms. The zero-order valence-corrected chi connectivity index (χ0v) is 13.5. The topological polar surface area (TPSA) is 34.1 Å². The van der Waals surface area contributed by atoms with Crippen LogP contribution in [0.2, 0.25) is 0 Å². The van der Waals surface area contributed by atoms with Crippen molar-refractivity contribution in [1.29, 1.82) is 0 Å². The van der Waals surface area contributed by atoms with E-state index in [4.69, 9.17) is 0 Å². The monoisotopic (exact) mass is 304 g/mol. The summed E-state index contributed by atoms with van der Waals surface area (Å²) in [5, 5.41) is 0. The summed E-state index contributed by atoms with van der Waals surface area (Å²) in [6.45, 7) is 1.99. The summed E-state index contributed by atoms with van der Waals surface area (Å²) in [6.07, 6.45) is 6.59. The number of hydrogen-bond acceptors (Lipinski definition) is 2. The Morgan fingerprint density at radius 1 is 0.905 bits per heavy atom. The minimum Gasteiger partial charge on any atom is -0.224 e. The number of sulfone groups is 1. The lowest BCUT2D eigenvalue weighted by molar-refractivity contribution is -0.0268. The molecule has 0 saturated heterocycles. The predicted molar refractivity (Wildman–Crippen MR) is 83.8 cm³/mol. The van der Waals surface area contributed by atoms with Crippen molar-refractivity contribution < 1.29 is 8.42 Å². The fraction of sp³-hybridized carbons (Fsp3) is 0.667. The van der Waals surface area contributed by atoms with Crippen LogP contribution in [0.25, 0.3) is 0 Å². The molecule has 0 amide bonds. The van der Waals surface area contributed by atoms with Crippen molar-refractivity contribution in [3.63, 3.8) is 0 Å². The Balaban J connectivity index is 1.56. The molecule has 3 heteroatoms. The Kier molecular flexibility index (Phi) is 3.18. The van der Waals surface area contributed by atoms with Gasteiger partial charge in [0.1, 0.15) is 0 Å². The highest BCUT2D eigenvalue weighted by molar-refractivity contribution is 7.91. The molecule has 4 bridgehead atoms.